The van der Waals surface area contributed by atoms with E-state index < -0.39 is 0 Å². The second-order valence-corrected chi connectivity index (χ2v) is 7.85. The summed E-state index contributed by atoms with van der Waals surface area (Å²) in [6, 6.07) is 6.05. The van der Waals surface area contributed by atoms with Gasteiger partial charge in [0.1, 0.15) is 10.6 Å². The Labute approximate surface area is 145 Å². The van der Waals surface area contributed by atoms with E-state index in [1.54, 1.807) is 11.3 Å². The Morgan fingerprint density at radius 1 is 1.33 bits per heavy atom. The fourth-order valence-corrected chi connectivity index (χ4v) is 4.11. The molecular formula is C17H22N4O2S. The van der Waals surface area contributed by atoms with Crippen molar-refractivity contribution in [2.45, 2.75) is 45.0 Å². The predicted octanol–water partition coefficient (Wildman–Crippen LogP) is 2.50. The Kier molecular flexibility index (Phi) is 4.24. The fourth-order valence-electron chi connectivity index (χ4n) is 3.43. The lowest BCUT2D eigenvalue weighted by atomic mass is 9.85. The summed E-state index contributed by atoms with van der Waals surface area (Å²) in [5.74, 6) is 0. The molecule has 2 aromatic heterocycles. The van der Waals surface area contributed by atoms with Crippen LogP contribution in [0.5, 0.6) is 0 Å². The lowest BCUT2D eigenvalue weighted by molar-refractivity contribution is -0.148. The predicted molar refractivity (Wildman–Crippen MR) is 92.3 cm³/mol. The Morgan fingerprint density at radius 2 is 2.21 bits per heavy atom. The van der Waals surface area contributed by atoms with Gasteiger partial charge in [0.15, 0.2) is 0 Å². The van der Waals surface area contributed by atoms with Crippen LogP contribution in [-0.2, 0) is 16.1 Å². The molecule has 2 aliphatic rings. The number of hydrogen-bond donors (Lipinski definition) is 0. The van der Waals surface area contributed by atoms with E-state index in [9.17, 15) is 0 Å². The first kappa shape index (κ1) is 15.9. The van der Waals surface area contributed by atoms with E-state index >= 15 is 0 Å². The molecule has 0 unspecified atom stereocenters. The molecule has 0 radical (unpaired) electrons. The van der Waals surface area contributed by atoms with Crippen molar-refractivity contribution < 1.29 is 9.47 Å². The normalized spacial score (nSPS) is 22.6. The standard InChI is InChI=1S/C17H22N4O2S/c1-12-4-3-5-14(18-12)9-22-15-6-7-23-17(8-15)10-21(11-17)16-20-19-13(2)24-16/h3-5,15H,6-11H2,1-2H3/t15-/m0/s1. The molecule has 0 amide bonds. The van der Waals surface area contributed by atoms with Crippen molar-refractivity contribution in [3.8, 4) is 0 Å². The van der Waals surface area contributed by atoms with Crippen LogP contribution in [0, 0.1) is 13.8 Å². The molecule has 0 aromatic carbocycles. The Balaban J connectivity index is 1.32. The van der Waals surface area contributed by atoms with Gasteiger partial charge in [0.05, 0.1) is 31.5 Å². The van der Waals surface area contributed by atoms with Gasteiger partial charge in [0.2, 0.25) is 5.13 Å². The second kappa shape index (κ2) is 6.38. The summed E-state index contributed by atoms with van der Waals surface area (Å²) >= 11 is 1.64. The van der Waals surface area contributed by atoms with Crippen LogP contribution in [0.15, 0.2) is 18.2 Å². The first-order valence-corrected chi connectivity index (χ1v) is 9.17. The molecular weight excluding hydrogens is 324 g/mol. The quantitative estimate of drug-likeness (QED) is 0.848. The third-order valence-corrected chi connectivity index (χ3v) is 5.50. The molecule has 4 rings (SSSR count). The van der Waals surface area contributed by atoms with E-state index in [1.165, 1.54) is 0 Å². The molecule has 4 heterocycles. The van der Waals surface area contributed by atoms with Crippen molar-refractivity contribution in [1.82, 2.24) is 15.2 Å². The minimum atomic E-state index is -0.0808. The smallest absolute Gasteiger partial charge is 0.208 e. The average Bonchev–Trinajstić information content (AvgIpc) is 2.97. The molecule has 0 N–H and O–H groups in total. The van der Waals surface area contributed by atoms with Crippen molar-refractivity contribution in [3.63, 3.8) is 0 Å². The lowest BCUT2D eigenvalue weighted by Gasteiger charge is -2.52. The minimum absolute atomic E-state index is 0.0808. The molecule has 6 nitrogen and oxygen atoms in total. The molecule has 2 aromatic rings. The zero-order valence-corrected chi connectivity index (χ0v) is 14.9. The molecule has 2 fully saturated rings. The number of rotatable bonds is 4. The van der Waals surface area contributed by atoms with E-state index in [0.29, 0.717) is 6.61 Å². The van der Waals surface area contributed by atoms with Gasteiger partial charge in [-0.2, -0.15) is 0 Å². The van der Waals surface area contributed by atoms with Crippen molar-refractivity contribution in [3.05, 3.63) is 34.6 Å². The van der Waals surface area contributed by atoms with Gasteiger partial charge in [-0.05, 0) is 32.4 Å². The topological polar surface area (TPSA) is 60.4 Å². The van der Waals surface area contributed by atoms with Gasteiger partial charge in [-0.3, -0.25) is 4.98 Å². The van der Waals surface area contributed by atoms with E-state index in [4.69, 9.17) is 9.47 Å². The van der Waals surface area contributed by atoms with Crippen LogP contribution in [0.2, 0.25) is 0 Å². The van der Waals surface area contributed by atoms with Crippen molar-refractivity contribution >= 4 is 16.5 Å². The summed E-state index contributed by atoms with van der Waals surface area (Å²) in [5.41, 5.74) is 1.94. The zero-order chi connectivity index (χ0) is 16.6. The Morgan fingerprint density at radius 3 is 2.96 bits per heavy atom. The number of anilines is 1. The van der Waals surface area contributed by atoms with Gasteiger partial charge in [0, 0.05) is 18.7 Å². The van der Waals surface area contributed by atoms with E-state index in [-0.39, 0.29) is 11.7 Å². The minimum Gasteiger partial charge on any atom is -0.372 e. The van der Waals surface area contributed by atoms with Crippen molar-refractivity contribution in [2.24, 2.45) is 0 Å². The van der Waals surface area contributed by atoms with Crippen LogP contribution >= 0.6 is 11.3 Å². The summed E-state index contributed by atoms with van der Waals surface area (Å²) < 4.78 is 12.2. The first-order chi connectivity index (χ1) is 11.6. The summed E-state index contributed by atoms with van der Waals surface area (Å²) in [6.07, 6.45) is 2.12. The van der Waals surface area contributed by atoms with Gasteiger partial charge >= 0.3 is 0 Å². The third kappa shape index (κ3) is 3.29. The van der Waals surface area contributed by atoms with Crippen LogP contribution in [0.25, 0.3) is 0 Å². The number of aryl methyl sites for hydroxylation is 2. The molecule has 0 saturated carbocycles. The molecule has 0 aliphatic carbocycles. The van der Waals surface area contributed by atoms with Gasteiger partial charge in [0.25, 0.3) is 0 Å². The Bertz CT molecular complexity index is 714. The van der Waals surface area contributed by atoms with Crippen molar-refractivity contribution in [2.75, 3.05) is 24.6 Å². The van der Waals surface area contributed by atoms with Crippen LogP contribution in [0.3, 0.4) is 0 Å². The highest BCUT2D eigenvalue weighted by molar-refractivity contribution is 7.15. The lowest BCUT2D eigenvalue weighted by Crippen LogP contribution is -2.66. The highest BCUT2D eigenvalue weighted by Gasteiger charge is 2.48. The van der Waals surface area contributed by atoms with Crippen LogP contribution in [0.1, 0.15) is 29.2 Å². The molecule has 2 aliphatic heterocycles. The van der Waals surface area contributed by atoms with Gasteiger partial charge in [-0.15, -0.1) is 10.2 Å². The number of nitrogens with zero attached hydrogens (tertiary/aromatic N) is 4. The third-order valence-electron chi connectivity index (χ3n) is 4.60. The first-order valence-electron chi connectivity index (χ1n) is 8.35. The molecule has 1 atom stereocenters. The fraction of sp³-hybridized carbons (Fsp3) is 0.588. The van der Waals surface area contributed by atoms with Crippen LogP contribution < -0.4 is 4.90 Å². The SMILES string of the molecule is Cc1cccc(CO[C@H]2CCOC3(C2)CN(c2nnc(C)s2)C3)n1. The van der Waals surface area contributed by atoms with E-state index in [1.807, 2.05) is 32.0 Å². The van der Waals surface area contributed by atoms with Crippen LogP contribution in [-0.4, -0.2) is 46.6 Å². The molecule has 7 heteroatoms. The zero-order valence-electron chi connectivity index (χ0n) is 14.1. The van der Waals surface area contributed by atoms with Crippen LogP contribution in [0.4, 0.5) is 5.13 Å². The van der Waals surface area contributed by atoms with E-state index in [0.717, 1.165) is 54.1 Å². The highest BCUT2D eigenvalue weighted by Crippen LogP contribution is 2.38. The summed E-state index contributed by atoms with van der Waals surface area (Å²) in [7, 11) is 0. The number of pyridine rings is 1. The molecule has 1 spiro atoms. The molecule has 0 bridgehead atoms. The highest BCUT2D eigenvalue weighted by atomic mass is 32.1. The Hall–Kier alpha value is -1.57. The monoisotopic (exact) mass is 346 g/mol. The average molecular weight is 346 g/mol. The molecule has 128 valence electrons. The number of aromatic nitrogens is 3. The molecule has 2 saturated heterocycles. The summed E-state index contributed by atoms with van der Waals surface area (Å²) in [6.45, 7) is 7.08. The maximum absolute atomic E-state index is 6.11. The van der Waals surface area contributed by atoms with Gasteiger partial charge < -0.3 is 14.4 Å². The number of hydrogen-bond acceptors (Lipinski definition) is 7. The number of ether oxygens (including phenoxy) is 2. The van der Waals surface area contributed by atoms with E-state index in [2.05, 4.69) is 20.1 Å². The summed E-state index contributed by atoms with van der Waals surface area (Å²) in [4.78, 5) is 6.75. The second-order valence-electron chi connectivity index (χ2n) is 6.69. The molecule has 24 heavy (non-hydrogen) atoms. The maximum atomic E-state index is 6.11. The van der Waals surface area contributed by atoms with Crippen molar-refractivity contribution in [1.29, 1.82) is 0 Å². The maximum Gasteiger partial charge on any atom is 0.208 e. The van der Waals surface area contributed by atoms with Gasteiger partial charge in [-0.1, -0.05) is 17.4 Å². The largest absolute Gasteiger partial charge is 0.372 e. The van der Waals surface area contributed by atoms with Gasteiger partial charge in [-0.25, -0.2) is 0 Å². The summed E-state index contributed by atoms with van der Waals surface area (Å²) in [5, 5.41) is 10.3.